The third-order valence-electron chi connectivity index (χ3n) is 2.88. The molecule has 1 aromatic rings. The minimum absolute atomic E-state index is 0.547. The molecule has 0 spiro atoms. The zero-order valence-electron chi connectivity index (χ0n) is 9.55. The minimum atomic E-state index is 0.547. The average molecular weight is 216 g/mol. The Labute approximate surface area is 94.9 Å². The number of aromatic nitrogens is 1. The van der Waals surface area contributed by atoms with E-state index in [1.54, 1.807) is 0 Å². The Balaban J connectivity index is 2.66. The molecule has 1 aliphatic heterocycles. The van der Waals surface area contributed by atoms with E-state index in [0.29, 0.717) is 19.0 Å². The van der Waals surface area contributed by atoms with Crippen molar-refractivity contribution in [2.45, 2.75) is 26.6 Å². The van der Waals surface area contributed by atoms with E-state index in [9.17, 15) is 0 Å². The fourth-order valence-corrected chi connectivity index (χ4v) is 1.76. The number of anilines is 1. The molecule has 0 amide bonds. The van der Waals surface area contributed by atoms with E-state index >= 15 is 0 Å². The van der Waals surface area contributed by atoms with Gasteiger partial charge in [-0.1, -0.05) is 25.7 Å². The number of allylic oxidation sites excluding steroid dienone is 1. The van der Waals surface area contributed by atoms with Crippen molar-refractivity contribution in [2.24, 2.45) is 0 Å². The van der Waals surface area contributed by atoms with E-state index in [2.05, 4.69) is 25.1 Å². The molecular formula is C13H16N2O. The second kappa shape index (κ2) is 4.10. The summed E-state index contributed by atoms with van der Waals surface area (Å²) in [5.41, 5.74) is 8.99. The van der Waals surface area contributed by atoms with E-state index in [1.807, 2.05) is 6.08 Å². The lowest BCUT2D eigenvalue weighted by molar-refractivity contribution is 0.134. The van der Waals surface area contributed by atoms with Crippen LogP contribution in [0.15, 0.2) is 12.2 Å². The zero-order chi connectivity index (χ0) is 11.7. The van der Waals surface area contributed by atoms with Crippen molar-refractivity contribution in [3.8, 4) is 0 Å². The lowest BCUT2D eigenvalue weighted by atomic mass is 10.1. The normalized spacial score (nSPS) is 15.2. The van der Waals surface area contributed by atoms with Gasteiger partial charge < -0.3 is 10.5 Å². The van der Waals surface area contributed by atoms with Gasteiger partial charge in [0.1, 0.15) is 5.82 Å². The Kier molecular flexibility index (Phi) is 2.79. The Bertz CT molecular complexity index is 546. The highest BCUT2D eigenvalue weighted by molar-refractivity contribution is 5.51. The summed E-state index contributed by atoms with van der Waals surface area (Å²) >= 11 is 0. The first-order chi connectivity index (χ1) is 7.63. The molecule has 1 aromatic heterocycles. The van der Waals surface area contributed by atoms with Crippen LogP contribution in [0.5, 0.6) is 0 Å². The van der Waals surface area contributed by atoms with Crippen molar-refractivity contribution in [1.82, 2.24) is 4.98 Å². The molecule has 0 bridgehead atoms. The van der Waals surface area contributed by atoms with E-state index < -0.39 is 0 Å². The highest BCUT2D eigenvalue weighted by atomic mass is 16.5. The molecule has 3 nitrogen and oxygen atoms in total. The topological polar surface area (TPSA) is 48.1 Å². The molecule has 0 aliphatic carbocycles. The first kappa shape index (κ1) is 10.9. The summed E-state index contributed by atoms with van der Waals surface area (Å²) in [5, 5.41) is 1.73. The summed E-state index contributed by atoms with van der Waals surface area (Å²) < 4.78 is 5.37. The standard InChI is InChI=1S/C13H16N2O/c1-4-8(2)5-12-9(3)10-6-16-7-11(10)13(14)15-12/h5H,2-4,6-7H2,1H3,(H2,14,15)/b12-5+. The molecular weight excluding hydrogens is 200 g/mol. The molecule has 0 radical (unpaired) electrons. The maximum Gasteiger partial charge on any atom is 0.130 e. The van der Waals surface area contributed by atoms with Crippen molar-refractivity contribution in [3.63, 3.8) is 0 Å². The number of hydrogen-bond donors (Lipinski definition) is 1. The van der Waals surface area contributed by atoms with Crippen molar-refractivity contribution in [2.75, 3.05) is 5.73 Å². The van der Waals surface area contributed by atoms with Crippen LogP contribution in [-0.2, 0) is 18.0 Å². The Hall–Kier alpha value is -1.61. The summed E-state index contributed by atoms with van der Waals surface area (Å²) in [6.07, 6.45) is 2.84. The van der Waals surface area contributed by atoms with Gasteiger partial charge >= 0.3 is 0 Å². The minimum Gasteiger partial charge on any atom is -0.383 e. The lowest BCUT2D eigenvalue weighted by Gasteiger charge is -2.02. The first-order valence-corrected chi connectivity index (χ1v) is 5.37. The SMILES string of the molecule is C=C(/C=c1/nc(N)c2c(c1=C)COC2)CC. The van der Waals surface area contributed by atoms with Crippen LogP contribution in [0.25, 0.3) is 12.7 Å². The highest BCUT2D eigenvalue weighted by Gasteiger charge is 2.16. The fourth-order valence-electron chi connectivity index (χ4n) is 1.76. The molecule has 2 heterocycles. The lowest BCUT2D eigenvalue weighted by Crippen LogP contribution is -2.32. The third-order valence-corrected chi connectivity index (χ3v) is 2.88. The third kappa shape index (κ3) is 1.74. The molecule has 3 heteroatoms. The van der Waals surface area contributed by atoms with Gasteiger partial charge in [-0.3, -0.25) is 0 Å². The van der Waals surface area contributed by atoms with E-state index in [-0.39, 0.29) is 0 Å². The highest BCUT2D eigenvalue weighted by Crippen LogP contribution is 2.18. The van der Waals surface area contributed by atoms with Gasteiger partial charge in [0.05, 0.1) is 18.6 Å². The largest absolute Gasteiger partial charge is 0.383 e. The van der Waals surface area contributed by atoms with Crippen molar-refractivity contribution in [3.05, 3.63) is 33.8 Å². The van der Waals surface area contributed by atoms with Crippen LogP contribution in [0.4, 0.5) is 5.82 Å². The van der Waals surface area contributed by atoms with Crippen LogP contribution < -0.4 is 16.3 Å². The quantitative estimate of drug-likeness (QED) is 0.797. The van der Waals surface area contributed by atoms with Gasteiger partial charge in [-0.05, 0) is 23.3 Å². The summed E-state index contributed by atoms with van der Waals surface area (Å²) in [6.45, 7) is 11.2. The molecule has 84 valence electrons. The van der Waals surface area contributed by atoms with Gasteiger partial charge in [0.2, 0.25) is 0 Å². The van der Waals surface area contributed by atoms with Crippen LogP contribution in [0.2, 0.25) is 0 Å². The number of nitrogen functional groups attached to an aromatic ring is 1. The summed E-state index contributed by atoms with van der Waals surface area (Å²) in [6, 6.07) is 0. The fraction of sp³-hybridized carbons (Fsp3) is 0.308. The maximum absolute atomic E-state index is 5.89. The molecule has 0 aromatic carbocycles. The van der Waals surface area contributed by atoms with Crippen molar-refractivity contribution in [1.29, 1.82) is 0 Å². The Morgan fingerprint density at radius 3 is 2.88 bits per heavy atom. The maximum atomic E-state index is 5.89. The predicted octanol–water partition coefficient (Wildman–Crippen LogP) is 0.851. The van der Waals surface area contributed by atoms with Gasteiger partial charge in [-0.15, -0.1) is 0 Å². The Morgan fingerprint density at radius 1 is 1.50 bits per heavy atom. The van der Waals surface area contributed by atoms with Gasteiger partial charge in [0.15, 0.2) is 0 Å². The number of fused-ring (bicyclic) bond motifs is 1. The number of rotatable bonds is 2. The molecule has 1 aliphatic rings. The molecule has 2 rings (SSSR count). The second-order valence-corrected chi connectivity index (χ2v) is 3.97. The molecule has 0 saturated carbocycles. The molecule has 16 heavy (non-hydrogen) atoms. The average Bonchev–Trinajstić information content (AvgIpc) is 2.74. The number of hydrogen-bond acceptors (Lipinski definition) is 3. The van der Waals surface area contributed by atoms with Crippen LogP contribution >= 0.6 is 0 Å². The molecule has 0 saturated heterocycles. The first-order valence-electron chi connectivity index (χ1n) is 5.37. The molecule has 0 unspecified atom stereocenters. The van der Waals surface area contributed by atoms with Crippen LogP contribution in [0.1, 0.15) is 24.5 Å². The predicted molar refractivity (Wildman–Crippen MR) is 65.8 cm³/mol. The van der Waals surface area contributed by atoms with Crippen molar-refractivity contribution < 1.29 is 4.74 Å². The zero-order valence-corrected chi connectivity index (χ0v) is 9.55. The van der Waals surface area contributed by atoms with E-state index in [1.165, 1.54) is 0 Å². The smallest absolute Gasteiger partial charge is 0.130 e. The number of nitrogens with zero attached hydrogens (tertiary/aromatic N) is 1. The van der Waals surface area contributed by atoms with Gasteiger partial charge in [0.25, 0.3) is 0 Å². The van der Waals surface area contributed by atoms with Crippen LogP contribution in [0, 0.1) is 0 Å². The van der Waals surface area contributed by atoms with Gasteiger partial charge in [-0.2, -0.15) is 0 Å². The molecule has 0 atom stereocenters. The Morgan fingerprint density at radius 2 is 2.19 bits per heavy atom. The van der Waals surface area contributed by atoms with E-state index in [4.69, 9.17) is 10.5 Å². The number of pyridine rings is 1. The van der Waals surface area contributed by atoms with Crippen molar-refractivity contribution >= 4 is 18.5 Å². The monoisotopic (exact) mass is 216 g/mol. The summed E-state index contributed by atoms with van der Waals surface area (Å²) in [5.74, 6) is 0.551. The molecule has 2 N–H and O–H groups in total. The van der Waals surface area contributed by atoms with Crippen LogP contribution in [-0.4, -0.2) is 4.98 Å². The number of nitrogens with two attached hydrogens (primary N) is 1. The van der Waals surface area contributed by atoms with E-state index in [0.717, 1.165) is 33.7 Å². The number of ether oxygens (including phenoxy) is 1. The van der Waals surface area contributed by atoms with Gasteiger partial charge in [0, 0.05) is 5.56 Å². The second-order valence-electron chi connectivity index (χ2n) is 3.97. The molecule has 0 fully saturated rings. The summed E-state index contributed by atoms with van der Waals surface area (Å²) in [7, 11) is 0. The van der Waals surface area contributed by atoms with Crippen LogP contribution in [0.3, 0.4) is 0 Å². The van der Waals surface area contributed by atoms with Gasteiger partial charge in [-0.25, -0.2) is 4.98 Å². The summed E-state index contributed by atoms with van der Waals surface area (Å²) in [4.78, 5) is 4.35.